The van der Waals surface area contributed by atoms with Gasteiger partial charge in [-0.15, -0.1) is 0 Å². The lowest BCUT2D eigenvalue weighted by molar-refractivity contribution is 0.0945. The third kappa shape index (κ3) is 2.97. The summed E-state index contributed by atoms with van der Waals surface area (Å²) < 4.78 is 0. The highest BCUT2D eigenvalue weighted by Crippen LogP contribution is 2.15. The predicted molar refractivity (Wildman–Crippen MR) is 80.0 cm³/mol. The Balaban J connectivity index is 1.72. The molecule has 5 heteroatoms. The number of hydrogen-bond donors (Lipinski definition) is 2. The fraction of sp³-hybridized carbons (Fsp3) is 0.0625. The highest BCUT2D eigenvalue weighted by Gasteiger charge is 2.06. The van der Waals surface area contributed by atoms with Gasteiger partial charge >= 0.3 is 0 Å². The van der Waals surface area contributed by atoms with Crippen LogP contribution in [0.25, 0.3) is 10.8 Å². The molecular formula is C16H13N3O2. The maximum Gasteiger partial charge on any atom is 0.271 e. The third-order valence-corrected chi connectivity index (χ3v) is 3.18. The molecule has 0 unspecified atom stereocenters. The normalized spacial score (nSPS) is 10.5. The molecule has 2 aromatic carbocycles. The Morgan fingerprint density at radius 3 is 2.62 bits per heavy atom. The van der Waals surface area contributed by atoms with Crippen LogP contribution in [0.3, 0.4) is 0 Å². The van der Waals surface area contributed by atoms with Gasteiger partial charge in [0.15, 0.2) is 0 Å². The summed E-state index contributed by atoms with van der Waals surface area (Å²) in [6, 6.07) is 16.8. The van der Waals surface area contributed by atoms with E-state index < -0.39 is 0 Å². The summed E-state index contributed by atoms with van der Waals surface area (Å²) >= 11 is 0. The van der Waals surface area contributed by atoms with Crippen molar-refractivity contribution in [2.75, 3.05) is 0 Å². The first-order chi connectivity index (χ1) is 10.2. The summed E-state index contributed by atoms with van der Waals surface area (Å²) in [6.07, 6.45) is 0. The summed E-state index contributed by atoms with van der Waals surface area (Å²) in [6.45, 7) is 0.407. The smallest absolute Gasteiger partial charge is 0.271 e. The summed E-state index contributed by atoms with van der Waals surface area (Å²) in [5, 5.41) is 11.0. The molecule has 0 atom stereocenters. The Hall–Kier alpha value is -2.95. The minimum Gasteiger partial charge on any atom is -0.347 e. The highest BCUT2D eigenvalue weighted by molar-refractivity contribution is 5.92. The van der Waals surface area contributed by atoms with Crippen LogP contribution >= 0.6 is 0 Å². The first kappa shape index (κ1) is 13.1. The van der Waals surface area contributed by atoms with E-state index in [-0.39, 0.29) is 17.2 Å². The number of aromatic amines is 1. The maximum absolute atomic E-state index is 11.9. The van der Waals surface area contributed by atoms with Crippen LogP contribution in [0.1, 0.15) is 16.1 Å². The number of H-pyrrole nitrogens is 1. The van der Waals surface area contributed by atoms with E-state index in [1.165, 1.54) is 12.1 Å². The lowest BCUT2D eigenvalue weighted by Gasteiger charge is -2.06. The second-order valence-electron chi connectivity index (χ2n) is 4.67. The summed E-state index contributed by atoms with van der Waals surface area (Å²) in [5.74, 6) is -0.320. The van der Waals surface area contributed by atoms with Crippen LogP contribution in [0.2, 0.25) is 0 Å². The molecule has 0 radical (unpaired) electrons. The fourth-order valence-corrected chi connectivity index (χ4v) is 2.09. The molecule has 21 heavy (non-hydrogen) atoms. The number of benzene rings is 2. The number of nitrogens with one attached hydrogen (secondary N) is 2. The van der Waals surface area contributed by atoms with Gasteiger partial charge in [0.05, 0.1) is 0 Å². The third-order valence-electron chi connectivity index (χ3n) is 3.18. The van der Waals surface area contributed by atoms with E-state index in [1.807, 2.05) is 42.5 Å². The van der Waals surface area contributed by atoms with E-state index in [0.717, 1.165) is 16.3 Å². The van der Waals surface area contributed by atoms with E-state index in [1.54, 1.807) is 0 Å². The molecule has 3 aromatic rings. The molecule has 5 nitrogen and oxygen atoms in total. The van der Waals surface area contributed by atoms with Crippen molar-refractivity contribution in [2.24, 2.45) is 0 Å². The molecule has 0 saturated carbocycles. The summed E-state index contributed by atoms with van der Waals surface area (Å²) in [7, 11) is 0. The quantitative estimate of drug-likeness (QED) is 0.768. The van der Waals surface area contributed by atoms with Crippen molar-refractivity contribution in [1.82, 2.24) is 15.5 Å². The standard InChI is InChI=1S/C16H13N3O2/c20-15-8-7-14(18-19-15)16(21)17-10-11-5-6-12-3-1-2-4-13(12)9-11/h1-9H,10H2,(H,17,21)(H,19,20). The number of aromatic nitrogens is 2. The Labute approximate surface area is 120 Å². The van der Waals surface area contributed by atoms with Crippen LogP contribution in [-0.4, -0.2) is 16.1 Å². The van der Waals surface area contributed by atoms with Gasteiger partial charge in [-0.2, -0.15) is 5.10 Å². The molecule has 0 fully saturated rings. The van der Waals surface area contributed by atoms with Gasteiger partial charge in [0.1, 0.15) is 5.69 Å². The van der Waals surface area contributed by atoms with Gasteiger partial charge in [-0.1, -0.05) is 36.4 Å². The van der Waals surface area contributed by atoms with E-state index in [9.17, 15) is 9.59 Å². The molecule has 3 rings (SSSR count). The van der Waals surface area contributed by atoms with Crippen molar-refractivity contribution >= 4 is 16.7 Å². The van der Waals surface area contributed by atoms with Crippen LogP contribution in [0.15, 0.2) is 59.4 Å². The first-order valence-corrected chi connectivity index (χ1v) is 6.54. The van der Waals surface area contributed by atoms with E-state index in [2.05, 4.69) is 15.5 Å². The van der Waals surface area contributed by atoms with Gasteiger partial charge in [-0.3, -0.25) is 9.59 Å². The van der Waals surface area contributed by atoms with Crippen molar-refractivity contribution < 1.29 is 4.79 Å². The predicted octanol–water partition coefficient (Wildman–Crippen LogP) is 1.85. The van der Waals surface area contributed by atoms with Crippen LogP contribution < -0.4 is 10.9 Å². The zero-order valence-corrected chi connectivity index (χ0v) is 11.2. The van der Waals surface area contributed by atoms with Gasteiger partial charge in [-0.25, -0.2) is 5.10 Å². The first-order valence-electron chi connectivity index (χ1n) is 6.54. The number of hydrogen-bond acceptors (Lipinski definition) is 3. The zero-order chi connectivity index (χ0) is 14.7. The molecule has 1 heterocycles. The van der Waals surface area contributed by atoms with E-state index in [4.69, 9.17) is 0 Å². The average Bonchev–Trinajstić information content (AvgIpc) is 2.53. The molecule has 0 bridgehead atoms. The van der Waals surface area contributed by atoms with Gasteiger partial charge in [0.25, 0.3) is 11.5 Å². The average molecular weight is 279 g/mol. The monoisotopic (exact) mass is 279 g/mol. The molecule has 0 spiro atoms. The number of carbonyl (C=O) groups excluding carboxylic acids is 1. The van der Waals surface area contributed by atoms with Gasteiger partial charge in [-0.05, 0) is 28.5 Å². The molecule has 0 saturated heterocycles. The number of nitrogens with zero attached hydrogens (tertiary/aromatic N) is 1. The number of fused-ring (bicyclic) bond motifs is 1. The molecule has 1 aromatic heterocycles. The Morgan fingerprint density at radius 2 is 1.86 bits per heavy atom. The molecule has 104 valence electrons. The van der Waals surface area contributed by atoms with Crippen molar-refractivity contribution in [2.45, 2.75) is 6.54 Å². The summed E-state index contributed by atoms with van der Waals surface area (Å²) in [5.41, 5.74) is 0.864. The fourth-order valence-electron chi connectivity index (χ4n) is 2.09. The highest BCUT2D eigenvalue weighted by atomic mass is 16.2. The molecule has 2 N–H and O–H groups in total. The topological polar surface area (TPSA) is 74.8 Å². The molecular weight excluding hydrogens is 266 g/mol. The Bertz CT molecular complexity index is 835. The molecule has 0 aliphatic carbocycles. The minimum atomic E-state index is -0.332. The van der Waals surface area contributed by atoms with Crippen molar-refractivity contribution in [1.29, 1.82) is 0 Å². The Kier molecular flexibility index (Phi) is 3.47. The van der Waals surface area contributed by atoms with Crippen LogP contribution in [0.5, 0.6) is 0 Å². The van der Waals surface area contributed by atoms with E-state index >= 15 is 0 Å². The van der Waals surface area contributed by atoms with Crippen LogP contribution in [0, 0.1) is 0 Å². The SMILES string of the molecule is O=C(NCc1ccc2ccccc2c1)c1ccc(=O)[nH]n1. The number of carbonyl (C=O) groups is 1. The van der Waals surface area contributed by atoms with Gasteiger partial charge in [0.2, 0.25) is 0 Å². The van der Waals surface area contributed by atoms with Crippen LogP contribution in [-0.2, 0) is 6.54 Å². The summed E-state index contributed by atoms with van der Waals surface area (Å²) in [4.78, 5) is 22.8. The largest absolute Gasteiger partial charge is 0.347 e. The lowest BCUT2D eigenvalue weighted by atomic mass is 10.1. The molecule has 0 aliphatic heterocycles. The maximum atomic E-state index is 11.9. The lowest BCUT2D eigenvalue weighted by Crippen LogP contribution is -2.25. The number of amides is 1. The van der Waals surface area contributed by atoms with Crippen molar-refractivity contribution in [3.05, 3.63) is 76.2 Å². The Morgan fingerprint density at radius 1 is 1.05 bits per heavy atom. The van der Waals surface area contributed by atoms with Gasteiger partial charge < -0.3 is 5.32 Å². The van der Waals surface area contributed by atoms with Crippen molar-refractivity contribution in [3.8, 4) is 0 Å². The van der Waals surface area contributed by atoms with Crippen LogP contribution in [0.4, 0.5) is 0 Å². The second kappa shape index (κ2) is 5.58. The van der Waals surface area contributed by atoms with Crippen molar-refractivity contribution in [3.63, 3.8) is 0 Å². The minimum absolute atomic E-state index is 0.190. The second-order valence-corrected chi connectivity index (χ2v) is 4.67. The molecule has 1 amide bonds. The number of rotatable bonds is 3. The molecule has 0 aliphatic rings. The zero-order valence-electron chi connectivity index (χ0n) is 11.2. The van der Waals surface area contributed by atoms with Gasteiger partial charge in [0, 0.05) is 12.6 Å². The van der Waals surface area contributed by atoms with E-state index in [0.29, 0.717) is 6.54 Å².